The molecule has 5 nitrogen and oxygen atoms in total. The summed E-state index contributed by atoms with van der Waals surface area (Å²) in [5, 5.41) is 13.5. The third-order valence-electron chi connectivity index (χ3n) is 3.78. The molecule has 1 aromatic rings. The number of nitrogen functional groups attached to an aromatic ring is 1. The highest BCUT2D eigenvalue weighted by Gasteiger charge is 2.32. The van der Waals surface area contributed by atoms with Crippen molar-refractivity contribution >= 4 is 28.9 Å². The van der Waals surface area contributed by atoms with E-state index in [4.69, 9.17) is 17.3 Å². The molecule has 4 N–H and O–H groups in total. The lowest BCUT2D eigenvalue weighted by atomic mass is 10.0. The molecule has 0 atom stereocenters. The van der Waals surface area contributed by atoms with Crippen LogP contribution in [-0.2, 0) is 4.79 Å². The van der Waals surface area contributed by atoms with E-state index >= 15 is 0 Å². The van der Waals surface area contributed by atoms with Crippen LogP contribution in [0.2, 0.25) is 5.02 Å². The van der Waals surface area contributed by atoms with Crippen LogP contribution in [0.1, 0.15) is 25.7 Å². The lowest BCUT2D eigenvalue weighted by Crippen LogP contribution is -2.42. The number of hydrogen-bond acceptors (Lipinski definition) is 4. The molecule has 1 aromatic carbocycles. The first-order valence-corrected chi connectivity index (χ1v) is 7.52. The predicted octanol–water partition coefficient (Wildman–Crippen LogP) is 2.10. The number of anilines is 2. The first-order valence-electron chi connectivity index (χ1n) is 7.14. The number of nitrogens with zero attached hydrogens (tertiary/aromatic N) is 1. The number of halogens is 1. The van der Waals surface area contributed by atoms with Crippen LogP contribution < -0.4 is 11.1 Å². The van der Waals surface area contributed by atoms with Gasteiger partial charge in [-0.3, -0.25) is 9.69 Å². The second-order valence-electron chi connectivity index (χ2n) is 5.89. The van der Waals surface area contributed by atoms with E-state index in [0.717, 1.165) is 25.7 Å². The maximum Gasteiger partial charge on any atom is 0.238 e. The molecule has 1 amide bonds. The highest BCUT2D eigenvalue weighted by atomic mass is 35.5. The first kappa shape index (κ1) is 16.1. The Morgan fingerprint density at radius 1 is 1.48 bits per heavy atom. The van der Waals surface area contributed by atoms with Gasteiger partial charge in [0.05, 0.1) is 22.9 Å². The minimum atomic E-state index is -0.649. The van der Waals surface area contributed by atoms with Gasteiger partial charge in [0.25, 0.3) is 0 Å². The summed E-state index contributed by atoms with van der Waals surface area (Å²) in [4.78, 5) is 13.9. The molecule has 21 heavy (non-hydrogen) atoms. The fourth-order valence-corrected chi connectivity index (χ4v) is 2.99. The molecule has 116 valence electrons. The average molecular weight is 312 g/mol. The molecule has 0 unspecified atom stereocenters. The topological polar surface area (TPSA) is 78.6 Å². The molecule has 1 saturated carbocycles. The zero-order chi connectivity index (χ0) is 15.5. The third-order valence-corrected chi connectivity index (χ3v) is 4.11. The van der Waals surface area contributed by atoms with Crippen molar-refractivity contribution in [2.24, 2.45) is 0 Å². The van der Waals surface area contributed by atoms with Crippen molar-refractivity contribution in [2.45, 2.75) is 31.3 Å². The fourth-order valence-electron chi connectivity index (χ4n) is 2.82. The van der Waals surface area contributed by atoms with Gasteiger partial charge < -0.3 is 16.2 Å². The van der Waals surface area contributed by atoms with Crippen LogP contribution in [0, 0.1) is 0 Å². The third kappa shape index (κ3) is 4.59. The normalized spacial score (nSPS) is 17.1. The maximum atomic E-state index is 12.0. The predicted molar refractivity (Wildman–Crippen MR) is 85.4 cm³/mol. The van der Waals surface area contributed by atoms with Gasteiger partial charge in [-0.15, -0.1) is 0 Å². The number of carbonyl (C=O) groups excluding carboxylic acids is 1. The molecule has 0 aromatic heterocycles. The van der Waals surface area contributed by atoms with Gasteiger partial charge in [-0.05, 0) is 38.1 Å². The molecule has 0 saturated heterocycles. The standard InChI is InChI=1S/C15H22ClN3O2/c1-19(10-15(21)6-2-3-7-15)9-14(20)18-13-8-11(17)4-5-12(13)16/h4-5,8,21H,2-3,6-7,9-10,17H2,1H3,(H,18,20). The van der Waals surface area contributed by atoms with Crippen molar-refractivity contribution in [2.75, 3.05) is 31.2 Å². The minimum Gasteiger partial charge on any atom is -0.399 e. The van der Waals surface area contributed by atoms with E-state index < -0.39 is 5.60 Å². The van der Waals surface area contributed by atoms with Crippen molar-refractivity contribution in [1.29, 1.82) is 0 Å². The van der Waals surface area contributed by atoms with E-state index in [0.29, 0.717) is 22.9 Å². The Bertz CT molecular complexity index is 516. The van der Waals surface area contributed by atoms with Gasteiger partial charge in [-0.25, -0.2) is 0 Å². The van der Waals surface area contributed by atoms with Gasteiger partial charge in [-0.2, -0.15) is 0 Å². The van der Waals surface area contributed by atoms with Gasteiger partial charge in [-0.1, -0.05) is 24.4 Å². The number of nitrogens with two attached hydrogens (primary N) is 1. The molecule has 2 rings (SSSR count). The Kier molecular flexibility index (Phi) is 5.08. The number of likely N-dealkylation sites (N-methyl/N-ethyl adjacent to an activating group) is 1. The van der Waals surface area contributed by atoms with Gasteiger partial charge >= 0.3 is 0 Å². The van der Waals surface area contributed by atoms with Gasteiger partial charge in [0.1, 0.15) is 0 Å². The van der Waals surface area contributed by atoms with E-state index in [9.17, 15) is 9.90 Å². The largest absolute Gasteiger partial charge is 0.399 e. The summed E-state index contributed by atoms with van der Waals surface area (Å²) >= 11 is 6.01. The summed E-state index contributed by atoms with van der Waals surface area (Å²) in [6, 6.07) is 4.96. The highest BCUT2D eigenvalue weighted by molar-refractivity contribution is 6.33. The SMILES string of the molecule is CN(CC(=O)Nc1cc(N)ccc1Cl)CC1(O)CCCC1. The van der Waals surface area contributed by atoms with Crippen LogP contribution in [0.3, 0.4) is 0 Å². The summed E-state index contributed by atoms with van der Waals surface area (Å²) in [5.74, 6) is -0.174. The first-order chi connectivity index (χ1) is 9.88. The molecule has 6 heteroatoms. The number of benzene rings is 1. The summed E-state index contributed by atoms with van der Waals surface area (Å²) in [5.41, 5.74) is 6.08. The molecule has 0 heterocycles. The molecule has 1 fully saturated rings. The zero-order valence-corrected chi connectivity index (χ0v) is 13.0. The molecule has 0 radical (unpaired) electrons. The maximum absolute atomic E-state index is 12.0. The van der Waals surface area contributed by atoms with E-state index in [1.54, 1.807) is 18.2 Å². The van der Waals surface area contributed by atoms with Crippen molar-refractivity contribution in [3.63, 3.8) is 0 Å². The van der Waals surface area contributed by atoms with Crippen LogP contribution in [-0.4, -0.2) is 41.7 Å². The smallest absolute Gasteiger partial charge is 0.238 e. The lowest BCUT2D eigenvalue weighted by molar-refractivity contribution is -0.117. The molecule has 0 aliphatic heterocycles. The summed E-state index contributed by atoms with van der Waals surface area (Å²) in [6.07, 6.45) is 3.71. The van der Waals surface area contributed by atoms with Gasteiger partial charge in [0.15, 0.2) is 0 Å². The van der Waals surface area contributed by atoms with Crippen LogP contribution in [0.5, 0.6) is 0 Å². The Hall–Kier alpha value is -1.30. The number of carbonyl (C=O) groups is 1. The Labute approximate surface area is 130 Å². The summed E-state index contributed by atoms with van der Waals surface area (Å²) < 4.78 is 0. The number of rotatable bonds is 5. The second kappa shape index (κ2) is 6.64. The number of hydrogen-bond donors (Lipinski definition) is 3. The number of aliphatic hydroxyl groups is 1. The van der Waals surface area contributed by atoms with Crippen LogP contribution >= 0.6 is 11.6 Å². The number of amides is 1. The van der Waals surface area contributed by atoms with Crippen molar-refractivity contribution in [1.82, 2.24) is 4.90 Å². The summed E-state index contributed by atoms with van der Waals surface area (Å²) in [6.45, 7) is 0.707. The van der Waals surface area contributed by atoms with E-state index in [1.165, 1.54) is 0 Å². The molecular formula is C15H22ClN3O2. The second-order valence-corrected chi connectivity index (χ2v) is 6.30. The van der Waals surface area contributed by atoms with E-state index in [-0.39, 0.29) is 12.5 Å². The summed E-state index contributed by atoms with van der Waals surface area (Å²) in [7, 11) is 1.83. The van der Waals surface area contributed by atoms with Gasteiger partial charge in [0, 0.05) is 12.2 Å². The fraction of sp³-hybridized carbons (Fsp3) is 0.533. The number of nitrogens with one attached hydrogen (secondary N) is 1. The van der Waals surface area contributed by atoms with Crippen LogP contribution in [0.25, 0.3) is 0 Å². The molecular weight excluding hydrogens is 290 g/mol. The molecule has 0 spiro atoms. The van der Waals surface area contributed by atoms with Crippen LogP contribution in [0.4, 0.5) is 11.4 Å². The average Bonchev–Trinajstić information content (AvgIpc) is 2.79. The minimum absolute atomic E-state index is 0.174. The molecule has 1 aliphatic carbocycles. The van der Waals surface area contributed by atoms with Crippen molar-refractivity contribution < 1.29 is 9.90 Å². The van der Waals surface area contributed by atoms with Crippen molar-refractivity contribution in [3.8, 4) is 0 Å². The Balaban J connectivity index is 1.87. The van der Waals surface area contributed by atoms with E-state index in [1.807, 2.05) is 11.9 Å². The highest BCUT2D eigenvalue weighted by Crippen LogP contribution is 2.30. The van der Waals surface area contributed by atoms with Crippen molar-refractivity contribution in [3.05, 3.63) is 23.2 Å². The quantitative estimate of drug-likeness (QED) is 0.728. The van der Waals surface area contributed by atoms with Crippen LogP contribution in [0.15, 0.2) is 18.2 Å². The lowest BCUT2D eigenvalue weighted by Gasteiger charge is -2.28. The molecule has 0 bridgehead atoms. The monoisotopic (exact) mass is 311 g/mol. The Morgan fingerprint density at radius 3 is 2.81 bits per heavy atom. The van der Waals surface area contributed by atoms with E-state index in [2.05, 4.69) is 5.32 Å². The van der Waals surface area contributed by atoms with Gasteiger partial charge in [0.2, 0.25) is 5.91 Å². The Morgan fingerprint density at radius 2 is 2.14 bits per heavy atom. The molecule has 1 aliphatic rings. The zero-order valence-electron chi connectivity index (χ0n) is 12.2.